The van der Waals surface area contributed by atoms with Crippen LogP contribution in [0.4, 0.5) is 0 Å². The monoisotopic (exact) mass is 365 g/mol. The Kier molecular flexibility index (Phi) is 8.35. The number of aliphatic hydroxyl groups is 1. The average molecular weight is 366 g/mol. The van der Waals surface area contributed by atoms with Crippen LogP contribution in [0.15, 0.2) is 9.52 Å². The Bertz CT molecular complexity index is 544. The van der Waals surface area contributed by atoms with Crippen LogP contribution >= 0.6 is 0 Å². The van der Waals surface area contributed by atoms with E-state index >= 15 is 0 Å². The van der Waals surface area contributed by atoms with Gasteiger partial charge in [-0.15, -0.1) is 0 Å². The van der Waals surface area contributed by atoms with E-state index in [1.54, 1.807) is 0 Å². The van der Waals surface area contributed by atoms with Crippen molar-refractivity contribution in [1.82, 2.24) is 20.8 Å². The van der Waals surface area contributed by atoms with Gasteiger partial charge in [0, 0.05) is 38.6 Å². The summed E-state index contributed by atoms with van der Waals surface area (Å²) in [6.45, 7) is 8.69. The highest BCUT2D eigenvalue weighted by molar-refractivity contribution is 5.79. The fourth-order valence-corrected chi connectivity index (χ4v) is 3.51. The van der Waals surface area contributed by atoms with Crippen LogP contribution in [0.3, 0.4) is 0 Å². The second-order valence-electron chi connectivity index (χ2n) is 7.61. The zero-order chi connectivity index (χ0) is 18.8. The predicted molar refractivity (Wildman–Crippen MR) is 103 cm³/mol. The van der Waals surface area contributed by atoms with E-state index in [1.807, 2.05) is 0 Å². The fraction of sp³-hybridized carbons (Fsp3) is 0.842. The van der Waals surface area contributed by atoms with E-state index in [0.717, 1.165) is 44.1 Å². The van der Waals surface area contributed by atoms with Gasteiger partial charge in [-0.2, -0.15) is 4.98 Å². The van der Waals surface area contributed by atoms with Crippen molar-refractivity contribution in [1.29, 1.82) is 0 Å². The van der Waals surface area contributed by atoms with Gasteiger partial charge in [0.25, 0.3) is 0 Å². The highest BCUT2D eigenvalue weighted by Gasteiger charge is 2.31. The van der Waals surface area contributed by atoms with E-state index < -0.39 is 0 Å². The van der Waals surface area contributed by atoms with Crippen LogP contribution in [0.2, 0.25) is 0 Å². The molecule has 1 saturated carbocycles. The van der Waals surface area contributed by atoms with Crippen molar-refractivity contribution in [2.45, 2.75) is 71.6 Å². The maximum atomic E-state index is 9.46. The quantitative estimate of drug-likeness (QED) is 0.460. The number of aromatic nitrogens is 2. The number of rotatable bonds is 9. The smallest absolute Gasteiger partial charge is 0.228 e. The van der Waals surface area contributed by atoms with Gasteiger partial charge < -0.3 is 20.3 Å². The Hall–Kier alpha value is -1.63. The lowest BCUT2D eigenvalue weighted by molar-refractivity contribution is 0.137. The summed E-state index contributed by atoms with van der Waals surface area (Å²) in [6.07, 6.45) is 7.63. The van der Waals surface area contributed by atoms with Crippen molar-refractivity contribution in [3.63, 3.8) is 0 Å². The Morgan fingerprint density at radius 3 is 2.65 bits per heavy atom. The first-order valence-corrected chi connectivity index (χ1v) is 10.0. The van der Waals surface area contributed by atoms with Crippen LogP contribution in [-0.2, 0) is 6.42 Å². The first-order chi connectivity index (χ1) is 12.6. The van der Waals surface area contributed by atoms with E-state index in [1.165, 1.54) is 19.3 Å². The molecular formula is C19H35N5O2. The molecule has 0 bridgehead atoms. The third kappa shape index (κ3) is 6.27. The van der Waals surface area contributed by atoms with Crippen LogP contribution in [-0.4, -0.2) is 47.4 Å². The minimum absolute atomic E-state index is 0.161. The molecule has 1 aromatic rings. The van der Waals surface area contributed by atoms with Gasteiger partial charge in [-0.25, -0.2) is 0 Å². The van der Waals surface area contributed by atoms with E-state index in [0.29, 0.717) is 18.9 Å². The number of hydrogen-bond acceptors (Lipinski definition) is 5. The average Bonchev–Trinajstić information content (AvgIpc) is 3.10. The minimum Gasteiger partial charge on any atom is -0.396 e. The molecule has 1 aliphatic carbocycles. The lowest BCUT2D eigenvalue weighted by Crippen LogP contribution is -2.40. The molecule has 3 N–H and O–H groups in total. The van der Waals surface area contributed by atoms with Gasteiger partial charge in [0.1, 0.15) is 0 Å². The Balaban J connectivity index is 1.88. The van der Waals surface area contributed by atoms with E-state index in [4.69, 9.17) is 9.52 Å². The van der Waals surface area contributed by atoms with Crippen LogP contribution in [0.1, 0.15) is 76.9 Å². The molecule has 1 fully saturated rings. The zero-order valence-electron chi connectivity index (χ0n) is 16.6. The van der Waals surface area contributed by atoms with Gasteiger partial charge in [0.05, 0.1) is 0 Å². The first kappa shape index (κ1) is 20.7. The van der Waals surface area contributed by atoms with Gasteiger partial charge in [-0.3, -0.25) is 4.99 Å². The Morgan fingerprint density at radius 2 is 2.04 bits per heavy atom. The molecule has 0 unspecified atom stereocenters. The van der Waals surface area contributed by atoms with E-state index in [2.05, 4.69) is 41.5 Å². The number of aliphatic imine (C=N–C) groups is 1. The maximum Gasteiger partial charge on any atom is 0.228 e. The van der Waals surface area contributed by atoms with E-state index in [9.17, 15) is 5.11 Å². The fourth-order valence-electron chi connectivity index (χ4n) is 3.51. The van der Waals surface area contributed by atoms with Crippen LogP contribution < -0.4 is 10.6 Å². The molecule has 1 aliphatic rings. The highest BCUT2D eigenvalue weighted by Crippen LogP contribution is 2.39. The predicted octanol–water partition coefficient (Wildman–Crippen LogP) is 2.62. The van der Waals surface area contributed by atoms with Crippen LogP contribution in [0.25, 0.3) is 0 Å². The first-order valence-electron chi connectivity index (χ1n) is 10.0. The minimum atomic E-state index is 0.161. The van der Waals surface area contributed by atoms with Crippen molar-refractivity contribution >= 4 is 5.96 Å². The van der Waals surface area contributed by atoms with Gasteiger partial charge >= 0.3 is 0 Å². The number of hydrogen-bond donors (Lipinski definition) is 3. The second-order valence-corrected chi connectivity index (χ2v) is 7.61. The molecule has 1 aromatic heterocycles. The number of guanidine groups is 1. The molecule has 0 radical (unpaired) electrons. The van der Waals surface area contributed by atoms with Gasteiger partial charge in [-0.1, -0.05) is 38.3 Å². The van der Waals surface area contributed by atoms with Gasteiger partial charge in [0.2, 0.25) is 5.89 Å². The second kappa shape index (κ2) is 10.5. The largest absolute Gasteiger partial charge is 0.396 e. The summed E-state index contributed by atoms with van der Waals surface area (Å²) in [5, 5.41) is 20.1. The molecule has 0 aromatic carbocycles. The van der Waals surface area contributed by atoms with E-state index in [-0.39, 0.29) is 17.9 Å². The molecule has 1 heterocycles. The molecule has 7 nitrogen and oxygen atoms in total. The molecule has 0 atom stereocenters. The summed E-state index contributed by atoms with van der Waals surface area (Å²) in [7, 11) is 0. The third-order valence-electron chi connectivity index (χ3n) is 5.10. The van der Waals surface area contributed by atoms with Crippen molar-refractivity contribution in [2.75, 3.05) is 26.2 Å². The number of nitrogens with one attached hydrogen (secondary N) is 2. The summed E-state index contributed by atoms with van der Waals surface area (Å²) in [5.74, 6) is 2.50. The summed E-state index contributed by atoms with van der Waals surface area (Å²) in [4.78, 5) is 9.21. The molecular weight excluding hydrogens is 330 g/mol. The Labute approximate surface area is 157 Å². The normalized spacial score (nSPS) is 17.5. The summed E-state index contributed by atoms with van der Waals surface area (Å²) in [6, 6.07) is 0. The molecule has 2 rings (SSSR count). The lowest BCUT2D eigenvalue weighted by Gasteiger charge is -2.35. The summed E-state index contributed by atoms with van der Waals surface area (Å²) < 4.78 is 5.28. The Morgan fingerprint density at radius 1 is 1.27 bits per heavy atom. The molecule has 0 aliphatic heterocycles. The molecule has 7 heteroatoms. The highest BCUT2D eigenvalue weighted by atomic mass is 16.5. The maximum absolute atomic E-state index is 9.46. The van der Waals surface area contributed by atoms with Gasteiger partial charge in [0.15, 0.2) is 11.8 Å². The lowest BCUT2D eigenvalue weighted by atomic mass is 9.72. The SMILES string of the molecule is CCNC(=NCC1(CCO)CCCCC1)NCCc1nc(C(C)C)no1. The standard InChI is InChI=1S/C19H35N5O2/c1-4-20-18(21-12-8-16-23-17(15(2)3)24-26-16)22-14-19(11-13-25)9-6-5-7-10-19/h15,25H,4-14H2,1-3H3,(H2,20,21,22). The van der Waals surface area contributed by atoms with Crippen LogP contribution in [0, 0.1) is 5.41 Å². The van der Waals surface area contributed by atoms with Gasteiger partial charge in [-0.05, 0) is 31.6 Å². The van der Waals surface area contributed by atoms with Crippen molar-refractivity contribution in [3.05, 3.63) is 11.7 Å². The molecule has 26 heavy (non-hydrogen) atoms. The van der Waals surface area contributed by atoms with Crippen LogP contribution in [0.5, 0.6) is 0 Å². The van der Waals surface area contributed by atoms with Crippen molar-refractivity contribution in [2.24, 2.45) is 10.4 Å². The summed E-state index contributed by atoms with van der Waals surface area (Å²) in [5.41, 5.74) is 0.161. The zero-order valence-corrected chi connectivity index (χ0v) is 16.6. The summed E-state index contributed by atoms with van der Waals surface area (Å²) >= 11 is 0. The number of aliphatic hydroxyl groups excluding tert-OH is 1. The van der Waals surface area contributed by atoms with Crippen molar-refractivity contribution < 1.29 is 9.63 Å². The molecule has 0 saturated heterocycles. The molecule has 0 spiro atoms. The number of nitrogens with zero attached hydrogens (tertiary/aromatic N) is 3. The van der Waals surface area contributed by atoms with Crippen molar-refractivity contribution in [3.8, 4) is 0 Å². The molecule has 148 valence electrons. The topological polar surface area (TPSA) is 95.6 Å². The third-order valence-corrected chi connectivity index (χ3v) is 5.10. The molecule has 0 amide bonds.